The maximum Gasteiger partial charge on any atom is 0.228 e. The Bertz CT molecular complexity index is 616. The summed E-state index contributed by atoms with van der Waals surface area (Å²) < 4.78 is 6.45. The summed E-state index contributed by atoms with van der Waals surface area (Å²) in [5, 5.41) is 7.41. The molecule has 0 spiro atoms. The summed E-state index contributed by atoms with van der Waals surface area (Å²) in [4.78, 5) is 4.51. The van der Waals surface area contributed by atoms with Crippen LogP contribution in [0.4, 0.5) is 0 Å². The molecule has 2 rings (SSSR count). The number of aromatic nitrogens is 2. The number of halogens is 1. The molecule has 0 bridgehead atoms. The number of nitrogens with one attached hydrogen (secondary N) is 1. The monoisotopic (exact) mass is 351 g/mol. The van der Waals surface area contributed by atoms with E-state index in [4.69, 9.17) is 4.52 Å². The molecule has 0 aliphatic carbocycles. The Morgan fingerprint density at radius 3 is 2.62 bits per heavy atom. The molecule has 0 aliphatic heterocycles. The second-order valence-electron chi connectivity index (χ2n) is 6.39. The molecular formula is C16H22BrN3O. The number of nitrogens with zero attached hydrogens (tertiary/aromatic N) is 2. The quantitative estimate of drug-likeness (QED) is 0.904. The van der Waals surface area contributed by atoms with Crippen LogP contribution in [0.1, 0.15) is 32.2 Å². The maximum absolute atomic E-state index is 5.40. The summed E-state index contributed by atoms with van der Waals surface area (Å²) in [5.74, 6) is 1.30. The number of benzene rings is 1. The lowest BCUT2D eigenvalue weighted by atomic mass is 9.85. The number of rotatable bonds is 4. The average molecular weight is 352 g/mol. The average Bonchev–Trinajstić information content (AvgIpc) is 2.86. The van der Waals surface area contributed by atoms with E-state index in [1.54, 1.807) is 0 Å². The predicted octanol–water partition coefficient (Wildman–Crippen LogP) is 3.98. The molecule has 0 aliphatic rings. The molecule has 1 aromatic heterocycles. The zero-order valence-electron chi connectivity index (χ0n) is 13.2. The van der Waals surface area contributed by atoms with Crippen LogP contribution in [-0.4, -0.2) is 23.2 Å². The summed E-state index contributed by atoms with van der Waals surface area (Å²) in [6.45, 7) is 8.64. The summed E-state index contributed by atoms with van der Waals surface area (Å²) in [7, 11) is 1.96. The fraction of sp³-hybridized carbons (Fsp3) is 0.500. The van der Waals surface area contributed by atoms with Gasteiger partial charge in [0.15, 0.2) is 0 Å². The minimum atomic E-state index is 0.135. The molecule has 1 heterocycles. The van der Waals surface area contributed by atoms with Crippen LogP contribution in [0.15, 0.2) is 27.2 Å². The molecule has 114 valence electrons. The Morgan fingerprint density at radius 1 is 1.33 bits per heavy atom. The topological polar surface area (TPSA) is 51.0 Å². The number of aryl methyl sites for hydroxylation is 1. The highest BCUT2D eigenvalue weighted by atomic mass is 79.9. The van der Waals surface area contributed by atoms with Crippen molar-refractivity contribution in [1.82, 2.24) is 15.5 Å². The van der Waals surface area contributed by atoms with Crippen molar-refractivity contribution in [3.8, 4) is 11.4 Å². The SMILES string of the molecule is CNC(Cc1nc(-c2ccc(C)c(Br)c2)no1)C(C)(C)C. The molecule has 0 fully saturated rings. The molecule has 1 unspecified atom stereocenters. The molecule has 0 amide bonds. The number of hydrogen-bond acceptors (Lipinski definition) is 4. The van der Waals surface area contributed by atoms with Gasteiger partial charge in [-0.05, 0) is 31.0 Å². The van der Waals surface area contributed by atoms with Gasteiger partial charge in [-0.2, -0.15) is 4.98 Å². The Morgan fingerprint density at radius 2 is 2.05 bits per heavy atom. The molecule has 0 saturated heterocycles. The molecule has 0 radical (unpaired) electrons. The fourth-order valence-electron chi connectivity index (χ4n) is 2.20. The zero-order valence-corrected chi connectivity index (χ0v) is 14.8. The van der Waals surface area contributed by atoms with E-state index in [0.29, 0.717) is 11.7 Å². The summed E-state index contributed by atoms with van der Waals surface area (Å²) in [6, 6.07) is 6.36. The molecule has 1 N–H and O–H groups in total. The Hall–Kier alpha value is -1.20. The molecule has 1 aromatic carbocycles. The largest absolute Gasteiger partial charge is 0.339 e. The minimum Gasteiger partial charge on any atom is -0.339 e. The van der Waals surface area contributed by atoms with Gasteiger partial charge in [-0.3, -0.25) is 0 Å². The van der Waals surface area contributed by atoms with Crippen LogP contribution >= 0.6 is 15.9 Å². The van der Waals surface area contributed by atoms with Crippen LogP contribution < -0.4 is 5.32 Å². The van der Waals surface area contributed by atoms with Crippen molar-refractivity contribution in [1.29, 1.82) is 0 Å². The van der Waals surface area contributed by atoms with E-state index in [1.165, 1.54) is 5.56 Å². The molecule has 4 nitrogen and oxygen atoms in total. The van der Waals surface area contributed by atoms with Gasteiger partial charge < -0.3 is 9.84 Å². The minimum absolute atomic E-state index is 0.135. The van der Waals surface area contributed by atoms with E-state index in [-0.39, 0.29) is 11.5 Å². The second-order valence-corrected chi connectivity index (χ2v) is 7.24. The smallest absolute Gasteiger partial charge is 0.228 e. The lowest BCUT2D eigenvalue weighted by molar-refractivity contribution is 0.255. The third kappa shape index (κ3) is 3.92. The van der Waals surface area contributed by atoms with E-state index in [0.717, 1.165) is 16.5 Å². The molecule has 21 heavy (non-hydrogen) atoms. The van der Waals surface area contributed by atoms with E-state index in [9.17, 15) is 0 Å². The van der Waals surface area contributed by atoms with E-state index in [2.05, 4.69) is 59.1 Å². The first kappa shape index (κ1) is 16.2. The van der Waals surface area contributed by atoms with Gasteiger partial charge in [-0.15, -0.1) is 0 Å². The number of likely N-dealkylation sites (N-methyl/N-ethyl adjacent to an activating group) is 1. The predicted molar refractivity (Wildman–Crippen MR) is 88.2 cm³/mol. The van der Waals surface area contributed by atoms with Crippen LogP contribution in [0.3, 0.4) is 0 Å². The van der Waals surface area contributed by atoms with Crippen molar-refractivity contribution < 1.29 is 4.52 Å². The first-order valence-corrected chi connectivity index (χ1v) is 7.87. The summed E-state index contributed by atoms with van der Waals surface area (Å²) in [5.41, 5.74) is 2.28. The van der Waals surface area contributed by atoms with Gasteiger partial charge in [0.1, 0.15) is 0 Å². The second kappa shape index (κ2) is 6.28. The van der Waals surface area contributed by atoms with Crippen LogP contribution in [0.25, 0.3) is 11.4 Å². The highest BCUT2D eigenvalue weighted by Crippen LogP contribution is 2.25. The number of hydrogen-bond donors (Lipinski definition) is 1. The van der Waals surface area contributed by atoms with Gasteiger partial charge in [-0.1, -0.05) is 54.0 Å². The van der Waals surface area contributed by atoms with Gasteiger partial charge >= 0.3 is 0 Å². The normalized spacial score (nSPS) is 13.4. The molecule has 5 heteroatoms. The lowest BCUT2D eigenvalue weighted by Crippen LogP contribution is -2.39. The molecule has 0 saturated carbocycles. The van der Waals surface area contributed by atoms with Crippen molar-refractivity contribution in [3.63, 3.8) is 0 Å². The molecule has 1 atom stereocenters. The van der Waals surface area contributed by atoms with Crippen molar-refractivity contribution in [2.45, 2.75) is 40.2 Å². The van der Waals surface area contributed by atoms with Crippen LogP contribution in [-0.2, 0) is 6.42 Å². The van der Waals surface area contributed by atoms with E-state index in [1.807, 2.05) is 25.2 Å². The highest BCUT2D eigenvalue weighted by molar-refractivity contribution is 9.10. The summed E-state index contributed by atoms with van der Waals surface area (Å²) in [6.07, 6.45) is 0.722. The first-order valence-electron chi connectivity index (χ1n) is 7.07. The van der Waals surface area contributed by atoms with E-state index >= 15 is 0 Å². The lowest BCUT2D eigenvalue weighted by Gasteiger charge is -2.29. The Labute approximate surface area is 134 Å². The first-order chi connectivity index (χ1) is 9.81. The fourth-order valence-corrected chi connectivity index (χ4v) is 2.58. The van der Waals surface area contributed by atoms with Crippen LogP contribution in [0.2, 0.25) is 0 Å². The van der Waals surface area contributed by atoms with Crippen molar-refractivity contribution in [2.24, 2.45) is 5.41 Å². The van der Waals surface area contributed by atoms with Gasteiger partial charge in [0.25, 0.3) is 0 Å². The van der Waals surface area contributed by atoms with Crippen molar-refractivity contribution in [2.75, 3.05) is 7.05 Å². The van der Waals surface area contributed by atoms with Crippen LogP contribution in [0.5, 0.6) is 0 Å². The van der Waals surface area contributed by atoms with Crippen molar-refractivity contribution >= 4 is 15.9 Å². The highest BCUT2D eigenvalue weighted by Gasteiger charge is 2.25. The maximum atomic E-state index is 5.40. The third-order valence-electron chi connectivity index (χ3n) is 3.67. The van der Waals surface area contributed by atoms with Gasteiger partial charge in [0, 0.05) is 22.5 Å². The molecular weight excluding hydrogens is 330 g/mol. The summed E-state index contributed by atoms with van der Waals surface area (Å²) >= 11 is 3.53. The van der Waals surface area contributed by atoms with Gasteiger partial charge in [0.05, 0.1) is 0 Å². The zero-order chi connectivity index (χ0) is 15.6. The molecule has 2 aromatic rings. The third-order valence-corrected chi connectivity index (χ3v) is 4.53. The van der Waals surface area contributed by atoms with Crippen molar-refractivity contribution in [3.05, 3.63) is 34.1 Å². The Kier molecular flexibility index (Phi) is 4.84. The Balaban J connectivity index is 2.19. The van der Waals surface area contributed by atoms with Gasteiger partial charge in [-0.25, -0.2) is 0 Å². The van der Waals surface area contributed by atoms with Gasteiger partial charge in [0.2, 0.25) is 11.7 Å². The standard InChI is InChI=1S/C16H22BrN3O/c1-10-6-7-11(8-12(10)17)15-19-14(21-20-15)9-13(18-5)16(2,3)4/h6-8,13,18H,9H2,1-5H3. The van der Waals surface area contributed by atoms with Crippen LogP contribution in [0, 0.1) is 12.3 Å². The van der Waals surface area contributed by atoms with E-state index < -0.39 is 0 Å².